The van der Waals surface area contributed by atoms with E-state index in [1.54, 1.807) is 7.05 Å². The third-order valence-electron chi connectivity index (χ3n) is 2.73. The van der Waals surface area contributed by atoms with Crippen molar-refractivity contribution in [2.45, 2.75) is 40.2 Å². The molecule has 5 nitrogen and oxygen atoms in total. The van der Waals surface area contributed by atoms with Gasteiger partial charge in [0.05, 0.1) is 23.9 Å². The van der Waals surface area contributed by atoms with Crippen molar-refractivity contribution >= 4 is 22.4 Å². The molecule has 0 fully saturated rings. The summed E-state index contributed by atoms with van der Waals surface area (Å²) in [6.45, 7) is 7.99. The Hall–Kier alpha value is -1.14. The Labute approximate surface area is 118 Å². The molecule has 1 amide bonds. The molecular formula is C13H23N3O2S. The van der Waals surface area contributed by atoms with Gasteiger partial charge in [-0.1, -0.05) is 20.8 Å². The number of amides is 1. The lowest BCUT2D eigenvalue weighted by atomic mass is 9.88. The van der Waals surface area contributed by atoms with E-state index in [-0.39, 0.29) is 24.0 Å². The van der Waals surface area contributed by atoms with Crippen LogP contribution in [-0.2, 0) is 0 Å². The number of nitrogens with zero attached hydrogens (tertiary/aromatic N) is 1. The van der Waals surface area contributed by atoms with Crippen molar-refractivity contribution in [2.24, 2.45) is 5.41 Å². The molecule has 0 spiro atoms. The van der Waals surface area contributed by atoms with Gasteiger partial charge in [-0.15, -0.1) is 0 Å². The smallest absolute Gasteiger partial charge is 0.256 e. The topological polar surface area (TPSA) is 74.2 Å². The van der Waals surface area contributed by atoms with E-state index in [0.29, 0.717) is 11.3 Å². The van der Waals surface area contributed by atoms with Crippen LogP contribution in [0.15, 0.2) is 0 Å². The summed E-state index contributed by atoms with van der Waals surface area (Å²) in [7, 11) is 1.77. The molecule has 0 aliphatic rings. The van der Waals surface area contributed by atoms with Crippen LogP contribution in [0.5, 0.6) is 0 Å². The Balaban J connectivity index is 2.80. The first-order chi connectivity index (χ1) is 8.78. The molecule has 0 aromatic carbocycles. The molecule has 0 aliphatic carbocycles. The Morgan fingerprint density at radius 2 is 2.11 bits per heavy atom. The van der Waals surface area contributed by atoms with E-state index >= 15 is 0 Å². The number of aliphatic hydroxyl groups excluding tert-OH is 1. The molecule has 0 saturated heterocycles. The Bertz CT molecular complexity index is 438. The monoisotopic (exact) mass is 285 g/mol. The molecule has 1 atom stereocenters. The molecule has 0 radical (unpaired) electrons. The predicted molar refractivity (Wildman–Crippen MR) is 78.8 cm³/mol. The summed E-state index contributed by atoms with van der Waals surface area (Å²) in [5.41, 5.74) is 1.33. The summed E-state index contributed by atoms with van der Waals surface area (Å²) in [6, 6.07) is -0.239. The maximum absolute atomic E-state index is 12.3. The molecule has 1 aromatic heterocycles. The van der Waals surface area contributed by atoms with E-state index in [2.05, 4.69) is 35.8 Å². The van der Waals surface area contributed by atoms with Crippen molar-refractivity contribution in [3.05, 3.63) is 11.3 Å². The van der Waals surface area contributed by atoms with E-state index in [1.807, 2.05) is 6.92 Å². The third kappa shape index (κ3) is 4.47. The van der Waals surface area contributed by atoms with Crippen LogP contribution in [0.1, 0.15) is 43.2 Å². The Morgan fingerprint density at radius 3 is 2.58 bits per heavy atom. The first-order valence-corrected chi connectivity index (χ1v) is 7.11. The highest BCUT2D eigenvalue weighted by Gasteiger charge is 2.23. The van der Waals surface area contributed by atoms with Gasteiger partial charge in [-0.25, -0.2) is 0 Å². The Morgan fingerprint density at radius 1 is 1.47 bits per heavy atom. The number of rotatable bonds is 5. The molecule has 108 valence electrons. The second-order valence-corrected chi connectivity index (χ2v) is 6.61. The lowest BCUT2D eigenvalue weighted by Gasteiger charge is -2.25. The third-order valence-corrected chi connectivity index (χ3v) is 3.69. The van der Waals surface area contributed by atoms with Crippen LogP contribution in [0.3, 0.4) is 0 Å². The highest BCUT2D eigenvalue weighted by Crippen LogP contribution is 2.25. The molecule has 3 N–H and O–H groups in total. The maximum atomic E-state index is 12.3. The number of aromatic nitrogens is 1. The zero-order valence-electron chi connectivity index (χ0n) is 12.2. The quantitative estimate of drug-likeness (QED) is 0.774. The minimum Gasteiger partial charge on any atom is -0.394 e. The molecule has 0 bridgehead atoms. The average Bonchev–Trinajstić information content (AvgIpc) is 2.67. The van der Waals surface area contributed by atoms with Gasteiger partial charge in [-0.05, 0) is 30.3 Å². The summed E-state index contributed by atoms with van der Waals surface area (Å²) in [6.07, 6.45) is 0.723. The van der Waals surface area contributed by atoms with Crippen LogP contribution in [0.4, 0.5) is 5.00 Å². The van der Waals surface area contributed by atoms with Gasteiger partial charge in [-0.2, -0.15) is 4.37 Å². The molecule has 6 heteroatoms. The van der Waals surface area contributed by atoms with E-state index in [1.165, 1.54) is 11.5 Å². The molecule has 1 rings (SSSR count). The largest absolute Gasteiger partial charge is 0.394 e. The predicted octanol–water partition coefficient (Wildman–Crippen LogP) is 2.02. The molecule has 1 aromatic rings. The van der Waals surface area contributed by atoms with Gasteiger partial charge < -0.3 is 15.7 Å². The first kappa shape index (κ1) is 15.9. The number of aryl methyl sites for hydroxylation is 1. The van der Waals surface area contributed by atoms with Gasteiger partial charge in [0.25, 0.3) is 5.91 Å². The van der Waals surface area contributed by atoms with Crippen LogP contribution in [0.25, 0.3) is 0 Å². The highest BCUT2D eigenvalue weighted by atomic mass is 32.1. The molecule has 0 saturated carbocycles. The lowest BCUT2D eigenvalue weighted by Crippen LogP contribution is -2.40. The van der Waals surface area contributed by atoms with E-state index < -0.39 is 0 Å². The summed E-state index contributed by atoms with van der Waals surface area (Å²) >= 11 is 1.27. The maximum Gasteiger partial charge on any atom is 0.256 e. The number of hydrogen-bond donors (Lipinski definition) is 3. The van der Waals surface area contributed by atoms with Gasteiger partial charge in [0.1, 0.15) is 5.00 Å². The van der Waals surface area contributed by atoms with Crippen molar-refractivity contribution in [1.82, 2.24) is 9.69 Å². The minimum atomic E-state index is -0.239. The number of hydrogen-bond acceptors (Lipinski definition) is 5. The first-order valence-electron chi connectivity index (χ1n) is 6.34. The number of carbonyl (C=O) groups is 1. The molecule has 19 heavy (non-hydrogen) atoms. The van der Waals surface area contributed by atoms with Gasteiger partial charge in [0, 0.05) is 7.05 Å². The Kier molecular flexibility index (Phi) is 5.31. The average molecular weight is 285 g/mol. The molecule has 1 heterocycles. The van der Waals surface area contributed by atoms with Crippen LogP contribution < -0.4 is 10.6 Å². The summed E-state index contributed by atoms with van der Waals surface area (Å²) in [5.74, 6) is -0.182. The SMILES string of the molecule is CNc1snc(C)c1C(=O)NC(CO)CC(C)(C)C. The second-order valence-electron chi connectivity index (χ2n) is 5.84. The summed E-state index contributed by atoms with van der Waals surface area (Å²) in [4.78, 5) is 12.3. The van der Waals surface area contributed by atoms with Crippen LogP contribution >= 0.6 is 11.5 Å². The van der Waals surface area contributed by atoms with E-state index in [0.717, 1.165) is 11.4 Å². The van der Waals surface area contributed by atoms with Crippen molar-refractivity contribution < 1.29 is 9.90 Å². The molecular weight excluding hydrogens is 262 g/mol. The summed E-state index contributed by atoms with van der Waals surface area (Å²) < 4.78 is 4.17. The van der Waals surface area contributed by atoms with Crippen LogP contribution in [0, 0.1) is 12.3 Å². The summed E-state index contributed by atoms with van der Waals surface area (Å²) in [5, 5.41) is 16.0. The van der Waals surface area contributed by atoms with E-state index in [4.69, 9.17) is 0 Å². The van der Waals surface area contributed by atoms with Gasteiger partial charge in [0.2, 0.25) is 0 Å². The van der Waals surface area contributed by atoms with E-state index in [9.17, 15) is 9.90 Å². The number of anilines is 1. The lowest BCUT2D eigenvalue weighted by molar-refractivity contribution is 0.0898. The molecule has 0 aliphatic heterocycles. The van der Waals surface area contributed by atoms with Crippen LogP contribution in [0.2, 0.25) is 0 Å². The number of aliphatic hydroxyl groups is 1. The standard InChI is InChI=1S/C13H23N3O2S/c1-8-10(12(14-5)19-16-8)11(18)15-9(7-17)6-13(2,3)4/h9,14,17H,6-7H2,1-5H3,(H,15,18). The zero-order valence-corrected chi connectivity index (χ0v) is 13.0. The second kappa shape index (κ2) is 6.34. The van der Waals surface area contributed by atoms with Crippen molar-refractivity contribution in [2.75, 3.05) is 19.0 Å². The van der Waals surface area contributed by atoms with Crippen molar-refractivity contribution in [3.63, 3.8) is 0 Å². The zero-order chi connectivity index (χ0) is 14.6. The fourth-order valence-electron chi connectivity index (χ4n) is 1.97. The number of nitrogens with one attached hydrogen (secondary N) is 2. The highest BCUT2D eigenvalue weighted by molar-refractivity contribution is 7.10. The molecule has 1 unspecified atom stereocenters. The minimum absolute atomic E-state index is 0.0501. The normalized spacial score (nSPS) is 13.2. The van der Waals surface area contributed by atoms with Crippen molar-refractivity contribution in [3.8, 4) is 0 Å². The van der Waals surface area contributed by atoms with Gasteiger partial charge >= 0.3 is 0 Å². The fourth-order valence-corrected chi connectivity index (χ4v) is 2.71. The van der Waals surface area contributed by atoms with Crippen molar-refractivity contribution in [1.29, 1.82) is 0 Å². The van der Waals surface area contributed by atoms with Crippen LogP contribution in [-0.4, -0.2) is 35.1 Å². The number of carbonyl (C=O) groups excluding carboxylic acids is 1. The van der Waals surface area contributed by atoms with Gasteiger partial charge in [0.15, 0.2) is 0 Å². The fraction of sp³-hybridized carbons (Fsp3) is 0.692. The van der Waals surface area contributed by atoms with Gasteiger partial charge in [-0.3, -0.25) is 4.79 Å².